The fourth-order valence-electron chi connectivity index (χ4n) is 2.05. The number of nitrogens with one attached hydrogen (secondary N) is 1. The summed E-state index contributed by atoms with van der Waals surface area (Å²) >= 11 is 3.36. The quantitative estimate of drug-likeness (QED) is 0.798. The van der Waals surface area contributed by atoms with Gasteiger partial charge in [0.2, 0.25) is 10.0 Å². The summed E-state index contributed by atoms with van der Waals surface area (Å²) in [5.74, 6) is 0.240. The van der Waals surface area contributed by atoms with Crippen molar-refractivity contribution < 1.29 is 8.42 Å². The first kappa shape index (κ1) is 16.7. The highest BCUT2D eigenvalue weighted by Gasteiger charge is 2.27. The third-order valence-corrected chi connectivity index (χ3v) is 5.44. The molecule has 5 nitrogen and oxygen atoms in total. The number of hydrogen-bond donors (Lipinski definition) is 1. The number of halogens is 1. The van der Waals surface area contributed by atoms with E-state index in [1.165, 1.54) is 0 Å². The molecule has 0 bridgehead atoms. The summed E-state index contributed by atoms with van der Waals surface area (Å²) in [6, 6.07) is -0.0802. The SMILES string of the molecule is Cc1nn(C)c(C)c1S(=O)(=O)NC(CCBr)C(C)C. The van der Waals surface area contributed by atoms with E-state index in [9.17, 15) is 8.42 Å². The van der Waals surface area contributed by atoms with E-state index >= 15 is 0 Å². The van der Waals surface area contributed by atoms with Gasteiger partial charge >= 0.3 is 0 Å². The normalized spacial score (nSPS) is 14.1. The fraction of sp³-hybridized carbons (Fsp3) is 0.750. The highest BCUT2D eigenvalue weighted by Crippen LogP contribution is 2.20. The molecule has 1 rings (SSSR count). The number of nitrogens with zero attached hydrogens (tertiary/aromatic N) is 2. The molecule has 0 aliphatic carbocycles. The van der Waals surface area contributed by atoms with E-state index in [2.05, 4.69) is 25.8 Å². The molecule has 1 atom stereocenters. The van der Waals surface area contributed by atoms with Gasteiger partial charge in [0.15, 0.2) is 0 Å². The van der Waals surface area contributed by atoms with Gasteiger partial charge in [0, 0.05) is 18.4 Å². The van der Waals surface area contributed by atoms with Crippen LogP contribution in [0, 0.1) is 19.8 Å². The number of sulfonamides is 1. The van der Waals surface area contributed by atoms with Gasteiger partial charge in [0.05, 0.1) is 11.4 Å². The van der Waals surface area contributed by atoms with Crippen LogP contribution >= 0.6 is 15.9 Å². The third kappa shape index (κ3) is 3.79. The largest absolute Gasteiger partial charge is 0.271 e. The summed E-state index contributed by atoms with van der Waals surface area (Å²) in [5, 5.41) is 4.93. The van der Waals surface area contributed by atoms with Crippen molar-refractivity contribution in [1.82, 2.24) is 14.5 Å². The second kappa shape index (κ2) is 6.37. The first-order valence-electron chi connectivity index (χ1n) is 6.29. The number of aromatic nitrogens is 2. The smallest absolute Gasteiger partial charge is 0.244 e. The van der Waals surface area contributed by atoms with Crippen molar-refractivity contribution in [1.29, 1.82) is 0 Å². The number of aryl methyl sites for hydroxylation is 2. The molecule has 19 heavy (non-hydrogen) atoms. The molecule has 0 fully saturated rings. The maximum absolute atomic E-state index is 12.5. The average molecular weight is 352 g/mol. The van der Waals surface area contributed by atoms with Gasteiger partial charge in [-0.15, -0.1) is 0 Å². The van der Waals surface area contributed by atoms with Gasteiger partial charge in [0.25, 0.3) is 0 Å². The molecular formula is C12H22BrN3O2S. The summed E-state index contributed by atoms with van der Waals surface area (Å²) in [6.45, 7) is 7.51. The molecule has 1 aromatic rings. The molecule has 0 aliphatic heterocycles. The Morgan fingerprint density at radius 2 is 1.95 bits per heavy atom. The van der Waals surface area contributed by atoms with Crippen LogP contribution in [0.4, 0.5) is 0 Å². The third-order valence-electron chi connectivity index (χ3n) is 3.24. The van der Waals surface area contributed by atoms with Gasteiger partial charge in [-0.2, -0.15) is 5.10 Å². The number of rotatable bonds is 6. The monoisotopic (exact) mass is 351 g/mol. The van der Waals surface area contributed by atoms with E-state index < -0.39 is 10.0 Å². The lowest BCUT2D eigenvalue weighted by Crippen LogP contribution is -2.39. The van der Waals surface area contributed by atoms with Crippen molar-refractivity contribution >= 4 is 26.0 Å². The number of hydrogen-bond acceptors (Lipinski definition) is 3. The molecule has 1 N–H and O–H groups in total. The Balaban J connectivity index is 3.10. The van der Waals surface area contributed by atoms with E-state index in [0.29, 0.717) is 16.3 Å². The first-order valence-corrected chi connectivity index (χ1v) is 8.89. The van der Waals surface area contributed by atoms with Crippen molar-refractivity contribution in [2.75, 3.05) is 5.33 Å². The van der Waals surface area contributed by atoms with Gasteiger partial charge in [-0.3, -0.25) is 4.68 Å². The molecule has 0 saturated carbocycles. The summed E-state index contributed by atoms with van der Waals surface area (Å²) in [5.41, 5.74) is 1.19. The van der Waals surface area contributed by atoms with Gasteiger partial charge < -0.3 is 0 Å². The van der Waals surface area contributed by atoms with E-state index in [1.807, 2.05) is 13.8 Å². The summed E-state index contributed by atoms with van der Waals surface area (Å²) < 4.78 is 29.4. The Morgan fingerprint density at radius 3 is 2.32 bits per heavy atom. The molecule has 0 amide bonds. The Labute approximate surface area is 124 Å². The molecule has 1 unspecified atom stereocenters. The molecule has 0 aliphatic rings. The van der Waals surface area contributed by atoms with Gasteiger partial charge in [0.1, 0.15) is 4.90 Å². The zero-order valence-corrected chi connectivity index (χ0v) is 14.5. The highest BCUT2D eigenvalue weighted by atomic mass is 79.9. The second-order valence-electron chi connectivity index (χ2n) is 5.07. The molecular weight excluding hydrogens is 330 g/mol. The van der Waals surface area contributed by atoms with Crippen LogP contribution in [-0.4, -0.2) is 29.6 Å². The fourth-order valence-corrected chi connectivity index (χ4v) is 4.40. The Bertz CT molecular complexity index is 537. The Morgan fingerprint density at radius 1 is 1.37 bits per heavy atom. The van der Waals surface area contributed by atoms with Crippen LogP contribution in [0.3, 0.4) is 0 Å². The Kier molecular flexibility index (Phi) is 5.58. The van der Waals surface area contributed by atoms with E-state index in [4.69, 9.17) is 0 Å². The average Bonchev–Trinajstić information content (AvgIpc) is 2.52. The van der Waals surface area contributed by atoms with E-state index in [1.54, 1.807) is 25.6 Å². The summed E-state index contributed by atoms with van der Waals surface area (Å²) in [7, 11) is -1.77. The van der Waals surface area contributed by atoms with Crippen LogP contribution in [0.25, 0.3) is 0 Å². The van der Waals surface area contributed by atoms with Crippen molar-refractivity contribution in [3.05, 3.63) is 11.4 Å². The maximum atomic E-state index is 12.5. The predicted molar refractivity (Wildman–Crippen MR) is 80.0 cm³/mol. The van der Waals surface area contributed by atoms with Crippen molar-refractivity contribution in [3.8, 4) is 0 Å². The van der Waals surface area contributed by atoms with Gasteiger partial charge in [-0.05, 0) is 26.2 Å². The van der Waals surface area contributed by atoms with E-state index in [-0.39, 0.29) is 12.0 Å². The lowest BCUT2D eigenvalue weighted by atomic mass is 10.0. The minimum atomic E-state index is -3.52. The molecule has 0 aromatic carbocycles. The van der Waals surface area contributed by atoms with Crippen molar-refractivity contribution in [3.63, 3.8) is 0 Å². The van der Waals surface area contributed by atoms with Crippen LogP contribution in [0.5, 0.6) is 0 Å². The first-order chi connectivity index (χ1) is 8.70. The van der Waals surface area contributed by atoms with Crippen LogP contribution in [-0.2, 0) is 17.1 Å². The Hall–Kier alpha value is -0.400. The highest BCUT2D eigenvalue weighted by molar-refractivity contribution is 9.09. The molecule has 0 radical (unpaired) electrons. The predicted octanol–water partition coefficient (Wildman–Crippen LogP) is 2.12. The molecule has 1 heterocycles. The summed E-state index contributed by atoms with van der Waals surface area (Å²) in [4.78, 5) is 0.301. The number of alkyl halides is 1. The molecule has 1 aromatic heterocycles. The topological polar surface area (TPSA) is 64.0 Å². The molecule has 0 saturated heterocycles. The van der Waals surface area contributed by atoms with Crippen LogP contribution in [0.1, 0.15) is 31.7 Å². The second-order valence-corrected chi connectivity index (χ2v) is 7.52. The van der Waals surface area contributed by atoms with Gasteiger partial charge in [-0.1, -0.05) is 29.8 Å². The standard InChI is InChI=1S/C12H22BrN3O2S/c1-8(2)11(6-7-13)15-19(17,18)12-9(3)14-16(5)10(12)4/h8,11,15H,6-7H2,1-5H3. The zero-order valence-electron chi connectivity index (χ0n) is 12.1. The van der Waals surface area contributed by atoms with Crippen molar-refractivity contribution in [2.45, 2.75) is 45.1 Å². The summed E-state index contributed by atoms with van der Waals surface area (Å²) in [6.07, 6.45) is 0.759. The van der Waals surface area contributed by atoms with Crippen LogP contribution < -0.4 is 4.72 Å². The van der Waals surface area contributed by atoms with E-state index in [0.717, 1.165) is 11.8 Å². The lowest BCUT2D eigenvalue weighted by Gasteiger charge is -2.21. The lowest BCUT2D eigenvalue weighted by molar-refractivity contribution is 0.440. The molecule has 7 heteroatoms. The minimum Gasteiger partial charge on any atom is -0.271 e. The minimum absolute atomic E-state index is 0.0802. The zero-order chi connectivity index (χ0) is 14.8. The maximum Gasteiger partial charge on any atom is 0.244 e. The van der Waals surface area contributed by atoms with Gasteiger partial charge in [-0.25, -0.2) is 13.1 Å². The van der Waals surface area contributed by atoms with Crippen LogP contribution in [0.15, 0.2) is 4.90 Å². The van der Waals surface area contributed by atoms with Crippen molar-refractivity contribution in [2.24, 2.45) is 13.0 Å². The molecule has 0 spiro atoms. The molecule has 110 valence electrons. The van der Waals surface area contributed by atoms with Crippen LogP contribution in [0.2, 0.25) is 0 Å².